The highest BCUT2D eigenvalue weighted by atomic mass is 32.1. The fraction of sp³-hybridized carbons (Fsp3) is 0.381. The Morgan fingerprint density at radius 1 is 1.22 bits per heavy atom. The number of carbonyl (C=O) groups is 1. The van der Waals surface area contributed by atoms with Gasteiger partial charge in [-0.1, -0.05) is 31.7 Å². The molecule has 1 saturated carbocycles. The lowest BCUT2D eigenvalue weighted by Gasteiger charge is -2.10. The Morgan fingerprint density at radius 2 is 2.07 bits per heavy atom. The minimum Gasteiger partial charge on any atom is -0.326 e. The predicted molar refractivity (Wildman–Crippen MR) is 109 cm³/mol. The number of fused-ring (bicyclic) bond motifs is 1. The Hall–Kier alpha value is -2.47. The van der Waals surface area contributed by atoms with Crippen molar-refractivity contribution in [3.63, 3.8) is 0 Å². The summed E-state index contributed by atoms with van der Waals surface area (Å²) in [6.45, 7) is 0. The second-order valence-corrected chi connectivity index (χ2v) is 8.09. The molecule has 2 N–H and O–H groups in total. The van der Waals surface area contributed by atoms with Crippen LogP contribution in [0.3, 0.4) is 0 Å². The third-order valence-electron chi connectivity index (χ3n) is 5.36. The SMILES string of the molecule is O=C(CCC1CCCC1)Nc1ccc2c(Cc3ccsc3)n[nH]c(=O)c2c1. The van der Waals surface area contributed by atoms with Gasteiger partial charge in [0.15, 0.2) is 0 Å². The molecule has 0 saturated heterocycles. The lowest BCUT2D eigenvalue weighted by atomic mass is 10.0. The Kier molecular flexibility index (Phi) is 5.34. The van der Waals surface area contributed by atoms with Crippen LogP contribution in [0.25, 0.3) is 10.8 Å². The zero-order valence-electron chi connectivity index (χ0n) is 15.2. The highest BCUT2D eigenvalue weighted by molar-refractivity contribution is 7.07. The van der Waals surface area contributed by atoms with E-state index in [4.69, 9.17) is 0 Å². The van der Waals surface area contributed by atoms with Gasteiger partial charge in [0, 0.05) is 23.9 Å². The van der Waals surface area contributed by atoms with E-state index in [1.807, 2.05) is 17.5 Å². The summed E-state index contributed by atoms with van der Waals surface area (Å²) in [7, 11) is 0. The minimum absolute atomic E-state index is 0.0187. The molecule has 1 amide bonds. The highest BCUT2D eigenvalue weighted by Gasteiger charge is 2.16. The molecule has 0 atom stereocenters. The molecule has 2 aromatic heterocycles. The smallest absolute Gasteiger partial charge is 0.272 e. The van der Waals surface area contributed by atoms with Crippen LogP contribution < -0.4 is 10.9 Å². The van der Waals surface area contributed by atoms with E-state index in [-0.39, 0.29) is 11.5 Å². The van der Waals surface area contributed by atoms with Gasteiger partial charge < -0.3 is 5.32 Å². The molecular formula is C21H23N3O2S. The van der Waals surface area contributed by atoms with Crippen LogP contribution in [0.5, 0.6) is 0 Å². The number of hydrogen-bond donors (Lipinski definition) is 2. The molecule has 0 aliphatic heterocycles. The first-order valence-corrected chi connectivity index (χ1v) is 10.5. The summed E-state index contributed by atoms with van der Waals surface area (Å²) in [4.78, 5) is 24.5. The lowest BCUT2D eigenvalue weighted by molar-refractivity contribution is -0.116. The molecule has 1 aliphatic rings. The number of rotatable bonds is 6. The third kappa shape index (κ3) is 4.27. The van der Waals surface area contributed by atoms with E-state index in [9.17, 15) is 9.59 Å². The van der Waals surface area contributed by atoms with Crippen LogP contribution in [0.2, 0.25) is 0 Å². The number of aromatic nitrogens is 2. The zero-order chi connectivity index (χ0) is 18.6. The number of nitrogens with zero attached hydrogens (tertiary/aromatic N) is 1. The van der Waals surface area contributed by atoms with Crippen molar-refractivity contribution in [1.82, 2.24) is 10.2 Å². The molecule has 0 unspecified atom stereocenters. The summed E-state index contributed by atoms with van der Waals surface area (Å²) in [6.07, 6.45) is 7.25. The Balaban J connectivity index is 1.50. The van der Waals surface area contributed by atoms with Gasteiger partial charge in [-0.15, -0.1) is 0 Å². The third-order valence-corrected chi connectivity index (χ3v) is 6.09. The summed E-state index contributed by atoms with van der Waals surface area (Å²) >= 11 is 1.64. The Morgan fingerprint density at radius 3 is 2.85 bits per heavy atom. The molecule has 0 bridgehead atoms. The molecule has 3 aromatic rings. The van der Waals surface area contributed by atoms with Crippen molar-refractivity contribution in [2.45, 2.75) is 44.9 Å². The van der Waals surface area contributed by atoms with Gasteiger partial charge in [-0.3, -0.25) is 9.59 Å². The fourth-order valence-corrected chi connectivity index (χ4v) is 4.55. The van der Waals surface area contributed by atoms with Crippen molar-refractivity contribution >= 4 is 33.7 Å². The molecule has 6 heteroatoms. The van der Waals surface area contributed by atoms with Gasteiger partial charge >= 0.3 is 0 Å². The highest BCUT2D eigenvalue weighted by Crippen LogP contribution is 2.28. The first kappa shape index (κ1) is 17.9. The maximum Gasteiger partial charge on any atom is 0.272 e. The van der Waals surface area contributed by atoms with Gasteiger partial charge in [-0.2, -0.15) is 16.4 Å². The topological polar surface area (TPSA) is 74.8 Å². The quantitative estimate of drug-likeness (QED) is 0.661. The Bertz CT molecular complexity index is 988. The predicted octanol–water partition coefficient (Wildman–Crippen LogP) is 4.48. The first-order valence-electron chi connectivity index (χ1n) is 9.51. The maximum atomic E-state index is 12.3. The number of carbonyl (C=O) groups excluding carboxylic acids is 1. The maximum absolute atomic E-state index is 12.3. The minimum atomic E-state index is -0.235. The molecule has 5 nitrogen and oxygen atoms in total. The second-order valence-electron chi connectivity index (χ2n) is 7.31. The van der Waals surface area contributed by atoms with Gasteiger partial charge in [-0.05, 0) is 46.9 Å². The first-order chi connectivity index (χ1) is 13.2. The van der Waals surface area contributed by atoms with Crippen LogP contribution in [0.15, 0.2) is 39.8 Å². The van der Waals surface area contributed by atoms with E-state index in [1.165, 1.54) is 31.2 Å². The molecule has 1 aliphatic carbocycles. The summed E-state index contributed by atoms with van der Waals surface area (Å²) in [6, 6.07) is 7.54. The van der Waals surface area contributed by atoms with Crippen molar-refractivity contribution in [3.8, 4) is 0 Å². The van der Waals surface area contributed by atoms with Gasteiger partial charge in [0.1, 0.15) is 0 Å². The molecule has 0 radical (unpaired) electrons. The zero-order valence-corrected chi connectivity index (χ0v) is 16.0. The van der Waals surface area contributed by atoms with E-state index < -0.39 is 0 Å². The molecule has 1 fully saturated rings. The second kappa shape index (κ2) is 8.05. The number of H-pyrrole nitrogens is 1. The standard InChI is InChI=1S/C21H23N3O2S/c25-20(8-5-14-3-1-2-4-14)22-16-6-7-17-18(12-16)21(26)24-23-19(17)11-15-9-10-27-13-15/h6-7,9-10,12-14H,1-5,8,11H2,(H,22,25)(H,24,26). The monoisotopic (exact) mass is 381 g/mol. The largest absolute Gasteiger partial charge is 0.326 e. The van der Waals surface area contributed by atoms with E-state index in [1.54, 1.807) is 17.4 Å². The van der Waals surface area contributed by atoms with Crippen LogP contribution in [0.1, 0.15) is 49.8 Å². The van der Waals surface area contributed by atoms with Crippen LogP contribution in [0, 0.1) is 5.92 Å². The van der Waals surface area contributed by atoms with Gasteiger partial charge in [0.05, 0.1) is 11.1 Å². The van der Waals surface area contributed by atoms with Gasteiger partial charge in [0.2, 0.25) is 5.91 Å². The molecule has 1 aromatic carbocycles. The van der Waals surface area contributed by atoms with Gasteiger partial charge in [0.25, 0.3) is 5.56 Å². The van der Waals surface area contributed by atoms with Crippen molar-refractivity contribution in [3.05, 3.63) is 56.6 Å². The normalized spacial score (nSPS) is 14.7. The van der Waals surface area contributed by atoms with Crippen LogP contribution in [-0.4, -0.2) is 16.1 Å². The number of hydrogen-bond acceptors (Lipinski definition) is 4. The number of aromatic amines is 1. The van der Waals surface area contributed by atoms with Crippen molar-refractivity contribution in [2.24, 2.45) is 5.92 Å². The molecule has 4 rings (SSSR count). The molecule has 2 heterocycles. The van der Waals surface area contributed by atoms with Crippen LogP contribution in [0.4, 0.5) is 5.69 Å². The van der Waals surface area contributed by atoms with E-state index in [2.05, 4.69) is 27.0 Å². The number of benzene rings is 1. The summed E-state index contributed by atoms with van der Waals surface area (Å²) in [5.74, 6) is 0.714. The molecule has 0 spiro atoms. The summed E-state index contributed by atoms with van der Waals surface area (Å²) < 4.78 is 0. The Labute approximate surface area is 161 Å². The van der Waals surface area contributed by atoms with E-state index in [0.717, 1.165) is 17.5 Å². The van der Waals surface area contributed by atoms with Crippen molar-refractivity contribution in [1.29, 1.82) is 0 Å². The molecule has 27 heavy (non-hydrogen) atoms. The number of amides is 1. The average Bonchev–Trinajstić information content (AvgIpc) is 3.36. The van der Waals surface area contributed by atoms with E-state index >= 15 is 0 Å². The fourth-order valence-electron chi connectivity index (χ4n) is 3.88. The number of anilines is 1. The average molecular weight is 382 g/mol. The summed E-state index contributed by atoms with van der Waals surface area (Å²) in [5, 5.41) is 15.2. The number of thiophene rings is 1. The lowest BCUT2D eigenvalue weighted by Crippen LogP contribution is -2.14. The van der Waals surface area contributed by atoms with Crippen LogP contribution in [-0.2, 0) is 11.2 Å². The number of nitrogens with one attached hydrogen (secondary N) is 2. The van der Waals surface area contributed by atoms with Gasteiger partial charge in [-0.25, -0.2) is 5.10 Å². The molecule has 140 valence electrons. The van der Waals surface area contributed by atoms with Crippen molar-refractivity contribution in [2.75, 3.05) is 5.32 Å². The van der Waals surface area contributed by atoms with E-state index in [0.29, 0.717) is 29.8 Å². The van der Waals surface area contributed by atoms with Crippen LogP contribution >= 0.6 is 11.3 Å². The summed E-state index contributed by atoms with van der Waals surface area (Å²) in [5.41, 5.74) is 2.44. The molecular weight excluding hydrogens is 358 g/mol. The van der Waals surface area contributed by atoms with Crippen molar-refractivity contribution < 1.29 is 4.79 Å².